The van der Waals surface area contributed by atoms with Crippen molar-refractivity contribution in [3.63, 3.8) is 0 Å². The number of carboxylic acids is 1. The van der Waals surface area contributed by atoms with Crippen molar-refractivity contribution in [3.05, 3.63) is 108 Å². The molecule has 29 heteroatoms. The van der Waals surface area contributed by atoms with Gasteiger partial charge in [0, 0.05) is 53.8 Å². The quantitative estimate of drug-likeness (QED) is 0.0459. The second kappa shape index (κ2) is 31.1. The maximum Gasteiger partial charge on any atom is 0.332 e. The Morgan fingerprint density at radius 3 is 1.45 bits per heavy atom. The molecular formula is C66H76F4N14O11. The molecule has 0 saturated carbocycles. The van der Waals surface area contributed by atoms with Crippen LogP contribution in [0.1, 0.15) is 86.5 Å². The zero-order valence-electron chi connectivity index (χ0n) is 53.0. The van der Waals surface area contributed by atoms with Gasteiger partial charge in [-0.3, -0.25) is 14.6 Å². The number of carbonyl (C=O) groups excluding carboxylic acids is 1. The molecule has 6 saturated heterocycles. The molecule has 4 atom stereocenters. The van der Waals surface area contributed by atoms with Crippen molar-refractivity contribution >= 4 is 35.1 Å². The SMILES string of the molecule is COc1nc(Nc2cc(-c3ccc(OC4CCN(C(=O)[C@@H](C)O)CC4(F)F)c(C#N)c3)ncn2)ccc1C1CCN(C2COC2)CC1.COc1nc(Nc2cc(-c3ccc(OC4CCNCC4(F)F)c(C#N)c3)ncn2)ccc1C1CCN(C2COC2)CC1.C[C@@H](O)C(=O)O. The van der Waals surface area contributed by atoms with Crippen molar-refractivity contribution < 1.29 is 70.9 Å². The molecule has 2 unspecified atom stereocenters. The maximum atomic E-state index is 14.9. The summed E-state index contributed by atoms with van der Waals surface area (Å²) in [6.07, 6.45) is 1.49. The number of aliphatic hydroxyl groups excluding tert-OH is 2. The number of aliphatic hydroxyl groups is 2. The Hall–Kier alpha value is -8.94. The summed E-state index contributed by atoms with van der Waals surface area (Å²) in [7, 11) is 3.24. The Morgan fingerprint density at radius 2 is 1.07 bits per heavy atom. The highest BCUT2D eigenvalue weighted by Crippen LogP contribution is 2.40. The summed E-state index contributed by atoms with van der Waals surface area (Å²) in [6.45, 7) is 8.95. The molecule has 0 radical (unpaired) electrons. The van der Waals surface area contributed by atoms with Crippen LogP contribution in [0.4, 0.5) is 40.8 Å². The Bertz CT molecular complexity index is 3730. The zero-order valence-corrected chi connectivity index (χ0v) is 53.0. The lowest BCUT2D eigenvalue weighted by Crippen LogP contribution is -2.56. The number of carboxylic acid groups (broad SMARTS) is 1. The van der Waals surface area contributed by atoms with E-state index in [0.717, 1.165) is 94.3 Å². The van der Waals surface area contributed by atoms with E-state index in [9.17, 15) is 42.8 Å². The average Bonchev–Trinajstić information content (AvgIpc) is 0.831. The number of hydrogen-bond acceptors (Lipinski definition) is 23. The number of amides is 1. The van der Waals surface area contributed by atoms with Crippen molar-refractivity contribution in [1.29, 1.82) is 10.5 Å². The molecule has 6 N–H and O–H groups in total. The second-order valence-corrected chi connectivity index (χ2v) is 24.0. The summed E-state index contributed by atoms with van der Waals surface area (Å²) in [5.74, 6) is -4.23. The number of aliphatic carboxylic acids is 1. The third kappa shape index (κ3) is 17.1. The second-order valence-electron chi connectivity index (χ2n) is 24.0. The fourth-order valence-electron chi connectivity index (χ4n) is 12.0. The Labute approximate surface area is 546 Å². The lowest BCUT2D eigenvalue weighted by Gasteiger charge is -2.41. The van der Waals surface area contributed by atoms with Gasteiger partial charge in [-0.25, -0.2) is 42.3 Å². The summed E-state index contributed by atoms with van der Waals surface area (Å²) in [4.78, 5) is 54.1. The van der Waals surface area contributed by atoms with E-state index in [1.165, 1.54) is 44.7 Å². The van der Waals surface area contributed by atoms with E-state index in [1.54, 1.807) is 44.6 Å². The summed E-state index contributed by atoms with van der Waals surface area (Å²) in [6, 6.07) is 25.9. The molecule has 0 aliphatic carbocycles. The van der Waals surface area contributed by atoms with E-state index in [-0.39, 0.29) is 42.0 Å². The van der Waals surface area contributed by atoms with Crippen molar-refractivity contribution in [1.82, 2.24) is 49.9 Å². The number of halogens is 4. The van der Waals surface area contributed by atoms with Crippen LogP contribution in [-0.2, 0) is 19.1 Å². The summed E-state index contributed by atoms with van der Waals surface area (Å²) in [5, 5.41) is 53.9. The molecule has 6 fully saturated rings. The van der Waals surface area contributed by atoms with E-state index in [1.807, 2.05) is 24.3 Å². The number of hydrogen-bond donors (Lipinski definition) is 6. The summed E-state index contributed by atoms with van der Waals surface area (Å²) < 4.78 is 91.6. The fourth-order valence-corrected chi connectivity index (χ4v) is 12.0. The number of ether oxygens (including phenoxy) is 6. The Balaban J connectivity index is 0.000000192. The lowest BCUT2D eigenvalue weighted by molar-refractivity contribution is -0.165. The van der Waals surface area contributed by atoms with Crippen LogP contribution in [0.15, 0.2) is 85.5 Å². The van der Waals surface area contributed by atoms with Crippen LogP contribution in [0.25, 0.3) is 22.5 Å². The van der Waals surface area contributed by atoms with Gasteiger partial charge in [0.2, 0.25) is 11.8 Å². The molecule has 95 heavy (non-hydrogen) atoms. The standard InChI is InChI=1S/C33H37F2N7O5.C30H33F2N7O3.C3H6O3/c1-20(43)32(44)42-12-9-28(33(34,35)18-42)47-27-5-3-22(13-23(27)15-36)26-14-30(38-19-37-26)39-29-6-4-25(31(40-29)45-2)21-7-10-41(11-8-21)24-16-46-17-24;1-40-29-23(19-7-10-39(11-8-19)22-15-41-16-22)3-5-27(38-29)37-28-13-24(35-18-36-28)20-2-4-25(21(12-20)14-33)42-26-6-9-34-17-30(26,31)32;1-2(4)3(5)6/h3-6,13-14,19-21,24,28,43H,7-12,16-18H2,1-2H3,(H,37,38,39,40);2-5,12-13,18-19,22,26,34H,6-11,15-17H2,1H3,(H,35,36,37,38);2,4H,1H3,(H,5,6)/t20-,28?;;2-/m1.1/s1. The first-order chi connectivity index (χ1) is 45.7. The van der Waals surface area contributed by atoms with Crippen LogP contribution in [0.5, 0.6) is 23.3 Å². The number of aromatic nitrogens is 6. The molecule has 12 rings (SSSR count). The molecule has 0 spiro atoms. The van der Waals surface area contributed by atoms with Crippen molar-refractivity contribution in [3.8, 4) is 57.9 Å². The largest absolute Gasteiger partial charge is 0.483 e. The highest BCUT2D eigenvalue weighted by molar-refractivity contribution is 5.80. The number of benzene rings is 2. The normalized spacial score (nSPS) is 20.6. The lowest BCUT2D eigenvalue weighted by atomic mass is 9.89. The monoisotopic (exact) mass is 1320 g/mol. The first kappa shape index (κ1) is 68.9. The number of pyridine rings is 2. The number of likely N-dealkylation sites (tertiary alicyclic amines) is 3. The minimum atomic E-state index is -3.38. The van der Waals surface area contributed by atoms with Crippen LogP contribution < -0.4 is 34.9 Å². The van der Waals surface area contributed by atoms with Gasteiger partial charge in [0.25, 0.3) is 11.8 Å². The number of anilines is 4. The molecule has 6 aliphatic rings. The van der Waals surface area contributed by atoms with Gasteiger partial charge in [-0.1, -0.05) is 0 Å². The van der Waals surface area contributed by atoms with Gasteiger partial charge < -0.3 is 64.6 Å². The van der Waals surface area contributed by atoms with Crippen molar-refractivity contribution in [2.75, 3.05) is 104 Å². The number of nitrogens with one attached hydrogen (secondary N) is 3. The van der Waals surface area contributed by atoms with Crippen LogP contribution >= 0.6 is 0 Å². The molecular weight excluding hydrogens is 1240 g/mol. The first-order valence-electron chi connectivity index (χ1n) is 31.4. The molecule has 10 heterocycles. The predicted molar refractivity (Wildman–Crippen MR) is 337 cm³/mol. The summed E-state index contributed by atoms with van der Waals surface area (Å²) in [5.41, 5.74) is 4.62. The molecule has 25 nitrogen and oxygen atoms in total. The van der Waals surface area contributed by atoms with Crippen molar-refractivity contribution in [2.24, 2.45) is 0 Å². The highest BCUT2D eigenvalue weighted by Gasteiger charge is 2.49. The molecule has 6 aromatic rings. The minimum absolute atomic E-state index is 0.0000222. The van der Waals surface area contributed by atoms with E-state index >= 15 is 0 Å². The van der Waals surface area contributed by atoms with Gasteiger partial charge in [0.15, 0.2) is 12.2 Å². The number of methoxy groups -OCH3 is 2. The molecule has 6 aliphatic heterocycles. The highest BCUT2D eigenvalue weighted by atomic mass is 19.3. The van der Waals surface area contributed by atoms with Gasteiger partial charge in [-0.2, -0.15) is 20.5 Å². The maximum absolute atomic E-state index is 14.9. The van der Waals surface area contributed by atoms with E-state index in [4.69, 9.17) is 48.6 Å². The van der Waals surface area contributed by atoms with Crippen LogP contribution in [0.3, 0.4) is 0 Å². The van der Waals surface area contributed by atoms with Gasteiger partial charge >= 0.3 is 11.9 Å². The van der Waals surface area contributed by atoms with Crippen LogP contribution in [0.2, 0.25) is 0 Å². The van der Waals surface area contributed by atoms with E-state index < -0.39 is 61.2 Å². The van der Waals surface area contributed by atoms with Gasteiger partial charge in [0.1, 0.15) is 71.8 Å². The molecule has 4 aromatic heterocycles. The van der Waals surface area contributed by atoms with Crippen LogP contribution in [0, 0.1) is 22.7 Å². The summed E-state index contributed by atoms with van der Waals surface area (Å²) >= 11 is 0. The van der Waals surface area contributed by atoms with Gasteiger partial charge in [0.05, 0.1) is 88.3 Å². The number of carbonyl (C=O) groups is 2. The van der Waals surface area contributed by atoms with E-state index in [2.05, 4.69) is 57.8 Å². The number of nitriles is 2. The van der Waals surface area contributed by atoms with Crippen LogP contribution in [-0.4, -0.2) is 213 Å². The third-order valence-electron chi connectivity index (χ3n) is 17.5. The number of piperidine rings is 4. The minimum Gasteiger partial charge on any atom is -0.483 e. The number of rotatable bonds is 18. The van der Waals surface area contributed by atoms with Gasteiger partial charge in [-0.05, 0) is 145 Å². The smallest absolute Gasteiger partial charge is 0.332 e. The molecule has 2 aromatic carbocycles. The molecule has 0 bridgehead atoms. The van der Waals surface area contributed by atoms with Crippen molar-refractivity contribution in [2.45, 2.75) is 113 Å². The average molecular weight is 1320 g/mol. The number of nitrogens with zero attached hydrogens (tertiary/aromatic N) is 11. The Morgan fingerprint density at radius 1 is 0.621 bits per heavy atom. The first-order valence-corrected chi connectivity index (χ1v) is 31.4. The zero-order chi connectivity index (χ0) is 67.4. The molecule has 1 amide bonds. The Kier molecular flexibility index (Phi) is 22.5. The number of alkyl halides is 4. The topological polar surface area (TPSA) is 321 Å². The van der Waals surface area contributed by atoms with Gasteiger partial charge in [-0.15, -0.1) is 0 Å². The fraction of sp³-hybridized carbons (Fsp3) is 0.485. The van der Waals surface area contributed by atoms with E-state index in [0.29, 0.717) is 88.0 Å². The predicted octanol–water partition coefficient (Wildman–Crippen LogP) is 7.30. The third-order valence-corrected chi connectivity index (χ3v) is 17.5. The molecule has 504 valence electrons.